The molecule has 1 saturated heterocycles. The van der Waals surface area contributed by atoms with Gasteiger partial charge in [-0.05, 0) is 67.6 Å². The molecule has 1 aliphatic rings. The predicted octanol–water partition coefficient (Wildman–Crippen LogP) is 5.47. The number of piperidine rings is 1. The largest absolute Gasteiger partial charge is 0.299 e. The average Bonchev–Trinajstić information content (AvgIpc) is 2.87. The minimum absolute atomic E-state index is 0.0989. The predicted molar refractivity (Wildman–Crippen MR) is 138 cm³/mol. The Kier molecular flexibility index (Phi) is 8.23. The number of hydrogen-bond donors (Lipinski definition) is 1. The topological polar surface area (TPSA) is 87.8 Å². The number of carbonyl (C=O) groups excluding carboxylic acids is 1. The highest BCUT2D eigenvalue weighted by Crippen LogP contribution is 2.23. The van der Waals surface area contributed by atoms with E-state index in [0.717, 1.165) is 37.5 Å². The molecular weight excluding hydrogens is 464 g/mol. The summed E-state index contributed by atoms with van der Waals surface area (Å²) in [5.41, 5.74) is 5.75. The van der Waals surface area contributed by atoms with Gasteiger partial charge in [0.05, 0.1) is 11.1 Å². The highest BCUT2D eigenvalue weighted by atomic mass is 35.5. The van der Waals surface area contributed by atoms with Gasteiger partial charge in [0.1, 0.15) is 0 Å². The van der Waals surface area contributed by atoms with Crippen molar-refractivity contribution in [3.63, 3.8) is 0 Å². The van der Waals surface area contributed by atoms with Gasteiger partial charge >= 0.3 is 0 Å². The van der Waals surface area contributed by atoms with Gasteiger partial charge in [-0.25, -0.2) is 5.43 Å². The van der Waals surface area contributed by atoms with E-state index >= 15 is 0 Å². The Bertz CT molecular complexity index is 1190. The first-order chi connectivity index (χ1) is 17.0. The number of rotatable bonds is 8. The summed E-state index contributed by atoms with van der Waals surface area (Å²) >= 11 is 6.04. The van der Waals surface area contributed by atoms with Gasteiger partial charge in [0.15, 0.2) is 0 Å². The standard InChI is InChI=1S/C27H27ClN4O3/c28-26-11-10-25(32(34)35)17-24(26)18-29-30-27(33)23-8-6-22(7-9-23)19-31-14-12-21(13-15-31)16-20-4-2-1-3-5-20/h1-11,17-18,21H,12-16,19H2,(H,30,33)/b29-18-. The van der Waals surface area contributed by atoms with Crippen molar-refractivity contribution in [2.75, 3.05) is 13.1 Å². The van der Waals surface area contributed by atoms with E-state index in [2.05, 4.69) is 45.8 Å². The molecule has 1 aliphatic heterocycles. The number of nitro benzene ring substituents is 1. The van der Waals surface area contributed by atoms with E-state index in [1.54, 1.807) is 12.1 Å². The molecule has 0 spiro atoms. The summed E-state index contributed by atoms with van der Waals surface area (Å²) in [6, 6.07) is 22.2. The molecular formula is C27H27ClN4O3. The number of nitrogens with one attached hydrogen (secondary N) is 1. The highest BCUT2D eigenvalue weighted by molar-refractivity contribution is 6.33. The van der Waals surface area contributed by atoms with Crippen molar-refractivity contribution in [1.29, 1.82) is 0 Å². The molecule has 4 rings (SSSR count). The third kappa shape index (κ3) is 6.97. The summed E-state index contributed by atoms with van der Waals surface area (Å²) in [6.07, 6.45) is 4.83. The van der Waals surface area contributed by atoms with Crippen LogP contribution in [0.3, 0.4) is 0 Å². The van der Waals surface area contributed by atoms with E-state index in [0.29, 0.717) is 16.1 Å². The van der Waals surface area contributed by atoms with Crippen LogP contribution in [0.1, 0.15) is 39.9 Å². The van der Waals surface area contributed by atoms with Crippen molar-refractivity contribution < 1.29 is 9.72 Å². The van der Waals surface area contributed by atoms with E-state index in [9.17, 15) is 14.9 Å². The highest BCUT2D eigenvalue weighted by Gasteiger charge is 2.19. The summed E-state index contributed by atoms with van der Waals surface area (Å²) in [6.45, 7) is 3.02. The normalized spacial score (nSPS) is 14.8. The molecule has 0 atom stereocenters. The Morgan fingerprint density at radius 3 is 2.46 bits per heavy atom. The third-order valence-electron chi connectivity index (χ3n) is 6.26. The molecule has 0 aliphatic carbocycles. The van der Waals surface area contributed by atoms with Crippen LogP contribution in [0.5, 0.6) is 0 Å². The number of nitro groups is 1. The lowest BCUT2D eigenvalue weighted by Gasteiger charge is -2.32. The number of benzene rings is 3. The monoisotopic (exact) mass is 490 g/mol. The molecule has 3 aromatic rings. The van der Waals surface area contributed by atoms with E-state index in [4.69, 9.17) is 11.6 Å². The van der Waals surface area contributed by atoms with Gasteiger partial charge in [-0.1, -0.05) is 54.1 Å². The fraction of sp³-hybridized carbons (Fsp3) is 0.259. The van der Waals surface area contributed by atoms with Crippen LogP contribution in [0.15, 0.2) is 77.9 Å². The number of nitrogens with zero attached hydrogens (tertiary/aromatic N) is 3. The zero-order valence-corrected chi connectivity index (χ0v) is 20.0. The first-order valence-corrected chi connectivity index (χ1v) is 12.0. The molecule has 180 valence electrons. The van der Waals surface area contributed by atoms with Gasteiger partial charge in [0.2, 0.25) is 0 Å². The van der Waals surface area contributed by atoms with Crippen LogP contribution in [0.25, 0.3) is 0 Å². The van der Waals surface area contributed by atoms with E-state index in [1.165, 1.54) is 42.8 Å². The van der Waals surface area contributed by atoms with Crippen molar-refractivity contribution in [1.82, 2.24) is 10.3 Å². The van der Waals surface area contributed by atoms with Crippen LogP contribution in [-0.4, -0.2) is 35.0 Å². The van der Waals surface area contributed by atoms with Crippen molar-refractivity contribution in [2.45, 2.75) is 25.8 Å². The average molecular weight is 491 g/mol. The van der Waals surface area contributed by atoms with Crippen LogP contribution in [-0.2, 0) is 13.0 Å². The molecule has 35 heavy (non-hydrogen) atoms. The Morgan fingerprint density at radius 2 is 1.77 bits per heavy atom. The lowest BCUT2D eigenvalue weighted by molar-refractivity contribution is -0.384. The maximum Gasteiger partial charge on any atom is 0.271 e. The smallest absolute Gasteiger partial charge is 0.271 e. The molecule has 1 amide bonds. The zero-order valence-electron chi connectivity index (χ0n) is 19.3. The molecule has 8 heteroatoms. The SMILES string of the molecule is O=C(N/N=C\c1cc([N+](=O)[O-])ccc1Cl)c1ccc(CN2CCC(Cc3ccccc3)CC2)cc1. The first kappa shape index (κ1) is 24.6. The van der Waals surface area contributed by atoms with Crippen LogP contribution >= 0.6 is 11.6 Å². The second-order valence-electron chi connectivity index (χ2n) is 8.77. The Morgan fingerprint density at radius 1 is 1.06 bits per heavy atom. The molecule has 1 heterocycles. The van der Waals surface area contributed by atoms with Gasteiger partial charge in [-0.2, -0.15) is 5.10 Å². The quantitative estimate of drug-likeness (QED) is 0.258. The summed E-state index contributed by atoms with van der Waals surface area (Å²) in [4.78, 5) is 25.3. The molecule has 0 bridgehead atoms. The molecule has 3 aromatic carbocycles. The molecule has 0 unspecified atom stereocenters. The van der Waals surface area contributed by atoms with Gasteiger partial charge < -0.3 is 0 Å². The van der Waals surface area contributed by atoms with E-state index in [-0.39, 0.29) is 11.6 Å². The maximum absolute atomic E-state index is 12.4. The van der Waals surface area contributed by atoms with E-state index in [1.807, 2.05) is 12.1 Å². The van der Waals surface area contributed by atoms with Crippen LogP contribution in [0.2, 0.25) is 5.02 Å². The van der Waals surface area contributed by atoms with Crippen LogP contribution in [0, 0.1) is 16.0 Å². The number of carbonyl (C=O) groups is 1. The molecule has 1 N–H and O–H groups in total. The van der Waals surface area contributed by atoms with Gasteiger partial charge in [0, 0.05) is 34.8 Å². The lowest BCUT2D eigenvalue weighted by Crippen LogP contribution is -2.33. The van der Waals surface area contributed by atoms with Crippen molar-refractivity contribution >= 4 is 29.4 Å². The Hall–Kier alpha value is -3.55. The summed E-state index contributed by atoms with van der Waals surface area (Å²) in [5, 5.41) is 15.1. The Balaban J connectivity index is 1.25. The minimum Gasteiger partial charge on any atom is -0.299 e. The molecule has 0 radical (unpaired) electrons. The summed E-state index contributed by atoms with van der Waals surface area (Å²) < 4.78 is 0. The van der Waals surface area contributed by atoms with Crippen molar-refractivity contribution in [3.05, 3.63) is 110 Å². The fourth-order valence-electron chi connectivity index (χ4n) is 4.28. The molecule has 7 nitrogen and oxygen atoms in total. The lowest BCUT2D eigenvalue weighted by atomic mass is 9.90. The third-order valence-corrected chi connectivity index (χ3v) is 6.60. The number of halogens is 1. The molecule has 0 saturated carbocycles. The summed E-state index contributed by atoms with van der Waals surface area (Å²) in [5.74, 6) is 0.369. The number of likely N-dealkylation sites (tertiary alicyclic amines) is 1. The minimum atomic E-state index is -0.513. The molecule has 0 aromatic heterocycles. The zero-order chi connectivity index (χ0) is 24.6. The van der Waals surface area contributed by atoms with Gasteiger partial charge in [0.25, 0.3) is 11.6 Å². The van der Waals surface area contributed by atoms with Crippen molar-refractivity contribution in [3.8, 4) is 0 Å². The van der Waals surface area contributed by atoms with Crippen molar-refractivity contribution in [2.24, 2.45) is 11.0 Å². The number of amides is 1. The molecule has 1 fully saturated rings. The van der Waals surface area contributed by atoms with Gasteiger partial charge in [-0.3, -0.25) is 19.8 Å². The number of hydrazone groups is 1. The first-order valence-electron chi connectivity index (χ1n) is 11.6. The van der Waals surface area contributed by atoms with Crippen LogP contribution in [0.4, 0.5) is 5.69 Å². The van der Waals surface area contributed by atoms with Crippen LogP contribution < -0.4 is 5.43 Å². The number of hydrogen-bond acceptors (Lipinski definition) is 5. The van der Waals surface area contributed by atoms with Gasteiger partial charge in [-0.15, -0.1) is 0 Å². The van der Waals surface area contributed by atoms with E-state index < -0.39 is 4.92 Å². The second kappa shape index (κ2) is 11.7. The summed E-state index contributed by atoms with van der Waals surface area (Å²) in [7, 11) is 0. The number of non-ortho nitro benzene ring substituents is 1. The fourth-order valence-corrected chi connectivity index (χ4v) is 4.45. The maximum atomic E-state index is 12.4. The Labute approximate surface area is 209 Å². The second-order valence-corrected chi connectivity index (χ2v) is 9.18.